The Labute approximate surface area is 97.2 Å². The van der Waals surface area contributed by atoms with Crippen molar-refractivity contribution in [2.24, 2.45) is 0 Å². The summed E-state index contributed by atoms with van der Waals surface area (Å²) in [5.41, 5.74) is -1.23. The van der Waals surface area contributed by atoms with Crippen molar-refractivity contribution in [3.63, 3.8) is 0 Å². The Morgan fingerprint density at radius 3 is 2.69 bits per heavy atom. The zero-order chi connectivity index (χ0) is 11.8. The van der Waals surface area contributed by atoms with E-state index in [2.05, 4.69) is 4.90 Å². The predicted molar refractivity (Wildman–Crippen MR) is 62.1 cm³/mol. The smallest absolute Gasteiger partial charge is 0.254 e. The molecule has 2 saturated heterocycles. The van der Waals surface area contributed by atoms with Gasteiger partial charge in [-0.3, -0.25) is 9.69 Å². The standard InChI is InChI=1S/C12H22N2O2/c1-12(2,16)11(15)14-8-7-13-6-4-3-5-10(13)9-14/h10,16H,3-9H2,1-2H3. The number of carbonyl (C=O) groups is 1. The van der Waals surface area contributed by atoms with E-state index in [-0.39, 0.29) is 5.91 Å². The highest BCUT2D eigenvalue weighted by molar-refractivity contribution is 5.84. The fraction of sp³-hybridized carbons (Fsp3) is 0.917. The molecule has 2 rings (SSSR count). The fourth-order valence-corrected chi connectivity index (χ4v) is 2.73. The first-order valence-electron chi connectivity index (χ1n) is 6.24. The van der Waals surface area contributed by atoms with E-state index in [1.807, 2.05) is 4.90 Å². The van der Waals surface area contributed by atoms with E-state index < -0.39 is 5.60 Å². The highest BCUT2D eigenvalue weighted by Gasteiger charge is 2.35. The summed E-state index contributed by atoms with van der Waals surface area (Å²) < 4.78 is 0. The van der Waals surface area contributed by atoms with Gasteiger partial charge >= 0.3 is 0 Å². The molecule has 2 fully saturated rings. The summed E-state index contributed by atoms with van der Waals surface area (Å²) in [6.07, 6.45) is 3.75. The minimum absolute atomic E-state index is 0.127. The maximum absolute atomic E-state index is 12.0. The van der Waals surface area contributed by atoms with E-state index in [0.29, 0.717) is 6.04 Å². The molecule has 0 spiro atoms. The van der Waals surface area contributed by atoms with Crippen LogP contribution in [-0.2, 0) is 4.79 Å². The van der Waals surface area contributed by atoms with Crippen molar-refractivity contribution >= 4 is 5.91 Å². The minimum Gasteiger partial charge on any atom is -0.381 e. The number of carbonyl (C=O) groups excluding carboxylic acids is 1. The number of aliphatic hydroxyl groups is 1. The number of amides is 1. The van der Waals surface area contributed by atoms with Crippen LogP contribution in [-0.4, -0.2) is 58.6 Å². The van der Waals surface area contributed by atoms with Gasteiger partial charge in [-0.15, -0.1) is 0 Å². The lowest BCUT2D eigenvalue weighted by molar-refractivity contribution is -0.151. The monoisotopic (exact) mass is 226 g/mol. The highest BCUT2D eigenvalue weighted by Crippen LogP contribution is 2.22. The molecule has 0 aliphatic carbocycles. The van der Waals surface area contributed by atoms with Gasteiger partial charge < -0.3 is 10.0 Å². The first-order chi connectivity index (χ1) is 7.48. The molecule has 2 heterocycles. The lowest BCUT2D eigenvalue weighted by atomic mass is 9.98. The van der Waals surface area contributed by atoms with Gasteiger partial charge in [0.05, 0.1) is 0 Å². The van der Waals surface area contributed by atoms with Gasteiger partial charge in [0.2, 0.25) is 0 Å². The summed E-state index contributed by atoms with van der Waals surface area (Å²) in [4.78, 5) is 16.3. The lowest BCUT2D eigenvalue weighted by Crippen LogP contribution is -2.59. The Bertz CT molecular complexity index is 273. The van der Waals surface area contributed by atoms with Crippen LogP contribution in [0, 0.1) is 0 Å². The Morgan fingerprint density at radius 2 is 2.00 bits per heavy atom. The predicted octanol–water partition coefficient (Wildman–Crippen LogP) is 0.454. The van der Waals surface area contributed by atoms with Gasteiger partial charge in [-0.1, -0.05) is 6.42 Å². The maximum Gasteiger partial charge on any atom is 0.254 e. The van der Waals surface area contributed by atoms with Crippen molar-refractivity contribution in [3.8, 4) is 0 Å². The molecule has 1 N–H and O–H groups in total. The number of fused-ring (bicyclic) bond motifs is 1. The Morgan fingerprint density at radius 1 is 1.25 bits per heavy atom. The first-order valence-corrected chi connectivity index (χ1v) is 6.24. The molecule has 2 aliphatic heterocycles. The van der Waals surface area contributed by atoms with Gasteiger partial charge in [0.25, 0.3) is 5.91 Å². The maximum atomic E-state index is 12.0. The second-order valence-corrected chi connectivity index (χ2v) is 5.50. The summed E-state index contributed by atoms with van der Waals surface area (Å²) in [7, 11) is 0. The van der Waals surface area contributed by atoms with Gasteiger partial charge in [0.15, 0.2) is 0 Å². The molecule has 0 bridgehead atoms. The molecule has 1 unspecified atom stereocenters. The van der Waals surface area contributed by atoms with Crippen LogP contribution in [0.2, 0.25) is 0 Å². The topological polar surface area (TPSA) is 43.8 Å². The SMILES string of the molecule is CC(C)(O)C(=O)N1CCN2CCCCC2C1. The summed E-state index contributed by atoms with van der Waals surface area (Å²) in [5, 5.41) is 9.73. The molecule has 4 heteroatoms. The molecule has 4 nitrogen and oxygen atoms in total. The summed E-state index contributed by atoms with van der Waals surface area (Å²) in [6.45, 7) is 6.84. The molecule has 1 atom stereocenters. The Kier molecular flexibility index (Phi) is 3.22. The zero-order valence-electron chi connectivity index (χ0n) is 10.3. The van der Waals surface area contributed by atoms with E-state index in [0.717, 1.165) is 19.6 Å². The third-order valence-electron chi connectivity index (χ3n) is 3.65. The number of hydrogen-bond acceptors (Lipinski definition) is 3. The quantitative estimate of drug-likeness (QED) is 0.706. The molecular weight excluding hydrogens is 204 g/mol. The molecule has 0 radical (unpaired) electrons. The second-order valence-electron chi connectivity index (χ2n) is 5.50. The minimum atomic E-state index is -1.23. The lowest BCUT2D eigenvalue weighted by Gasteiger charge is -2.45. The van der Waals surface area contributed by atoms with Crippen LogP contribution in [0.3, 0.4) is 0 Å². The Balaban J connectivity index is 1.97. The molecule has 0 aromatic heterocycles. The normalized spacial score (nSPS) is 27.7. The van der Waals surface area contributed by atoms with E-state index in [1.165, 1.54) is 25.8 Å². The van der Waals surface area contributed by atoms with Crippen LogP contribution in [0.1, 0.15) is 33.1 Å². The van der Waals surface area contributed by atoms with Crippen LogP contribution < -0.4 is 0 Å². The Hall–Kier alpha value is -0.610. The molecule has 0 aromatic rings. The van der Waals surface area contributed by atoms with Crippen LogP contribution in [0.15, 0.2) is 0 Å². The van der Waals surface area contributed by atoms with Gasteiger partial charge in [-0.2, -0.15) is 0 Å². The van der Waals surface area contributed by atoms with Gasteiger partial charge in [0.1, 0.15) is 5.60 Å². The average molecular weight is 226 g/mol. The molecule has 16 heavy (non-hydrogen) atoms. The average Bonchev–Trinajstić information content (AvgIpc) is 2.26. The van der Waals surface area contributed by atoms with Crippen molar-refractivity contribution in [2.45, 2.75) is 44.8 Å². The summed E-state index contributed by atoms with van der Waals surface area (Å²) in [5.74, 6) is -0.127. The number of rotatable bonds is 1. The number of nitrogens with zero attached hydrogens (tertiary/aromatic N) is 2. The zero-order valence-corrected chi connectivity index (χ0v) is 10.3. The van der Waals surface area contributed by atoms with Gasteiger partial charge in [-0.25, -0.2) is 0 Å². The first kappa shape index (κ1) is 11.9. The van der Waals surface area contributed by atoms with E-state index in [4.69, 9.17) is 0 Å². The fourth-order valence-electron chi connectivity index (χ4n) is 2.73. The van der Waals surface area contributed by atoms with E-state index in [1.54, 1.807) is 13.8 Å². The summed E-state index contributed by atoms with van der Waals surface area (Å²) >= 11 is 0. The summed E-state index contributed by atoms with van der Waals surface area (Å²) in [6, 6.07) is 0.522. The van der Waals surface area contributed by atoms with Crippen LogP contribution in [0.5, 0.6) is 0 Å². The van der Waals surface area contributed by atoms with Crippen molar-refractivity contribution in [2.75, 3.05) is 26.2 Å². The third-order valence-corrected chi connectivity index (χ3v) is 3.65. The largest absolute Gasteiger partial charge is 0.381 e. The number of piperidine rings is 1. The van der Waals surface area contributed by atoms with Crippen molar-refractivity contribution in [1.29, 1.82) is 0 Å². The molecule has 0 aromatic carbocycles. The van der Waals surface area contributed by atoms with Gasteiger partial charge in [-0.05, 0) is 33.2 Å². The highest BCUT2D eigenvalue weighted by atomic mass is 16.3. The third kappa shape index (κ3) is 2.38. The molecular formula is C12H22N2O2. The van der Waals surface area contributed by atoms with Gasteiger partial charge in [0, 0.05) is 25.7 Å². The van der Waals surface area contributed by atoms with E-state index >= 15 is 0 Å². The van der Waals surface area contributed by atoms with Crippen LogP contribution >= 0.6 is 0 Å². The molecule has 1 amide bonds. The molecule has 2 aliphatic rings. The molecule has 92 valence electrons. The number of hydrogen-bond donors (Lipinski definition) is 1. The van der Waals surface area contributed by atoms with Crippen molar-refractivity contribution in [1.82, 2.24) is 9.80 Å². The molecule has 0 saturated carbocycles. The van der Waals surface area contributed by atoms with E-state index in [9.17, 15) is 9.90 Å². The van der Waals surface area contributed by atoms with Crippen LogP contribution in [0.4, 0.5) is 0 Å². The second kappa shape index (κ2) is 4.34. The van der Waals surface area contributed by atoms with Crippen LogP contribution in [0.25, 0.3) is 0 Å². The van der Waals surface area contributed by atoms with Crippen molar-refractivity contribution in [3.05, 3.63) is 0 Å². The number of piperazine rings is 1. The van der Waals surface area contributed by atoms with Crippen molar-refractivity contribution < 1.29 is 9.90 Å².